The summed E-state index contributed by atoms with van der Waals surface area (Å²) in [4.78, 5) is 13.0. The minimum atomic E-state index is -4.41. The van der Waals surface area contributed by atoms with Gasteiger partial charge in [0.25, 0.3) is 5.91 Å². The highest BCUT2D eigenvalue weighted by Crippen LogP contribution is 2.39. The third-order valence-electron chi connectivity index (χ3n) is 6.69. The molecule has 1 aromatic heterocycles. The molecular weight excluding hydrogens is 533 g/mol. The number of methoxy groups -OCH3 is 1. The summed E-state index contributed by atoms with van der Waals surface area (Å²) in [5, 5.41) is 9.39. The number of rotatable bonds is 9. The predicted molar refractivity (Wildman–Crippen MR) is 137 cm³/mol. The molecule has 1 fully saturated rings. The average Bonchev–Trinajstić information content (AvgIpc) is 3.17. The average molecular weight is 565 g/mol. The SMILES string of the molecule is CCn1nc(C(=O)NC[C@H]2CC[C@@H](S(C)(=O)=O)CC2)c(Cl)c1-c1ccc(N[C@H](C)C(F)(F)F)cc1OC. The highest BCUT2D eigenvalue weighted by atomic mass is 35.5. The van der Waals surface area contributed by atoms with E-state index in [-0.39, 0.29) is 33.3 Å². The van der Waals surface area contributed by atoms with Gasteiger partial charge in [-0.3, -0.25) is 9.48 Å². The Morgan fingerprint density at radius 1 is 1.27 bits per heavy atom. The zero-order valence-corrected chi connectivity index (χ0v) is 22.7. The van der Waals surface area contributed by atoms with E-state index >= 15 is 0 Å². The van der Waals surface area contributed by atoms with Crippen molar-refractivity contribution in [2.75, 3.05) is 25.2 Å². The molecule has 1 saturated carbocycles. The molecule has 1 aliphatic carbocycles. The van der Waals surface area contributed by atoms with Crippen molar-refractivity contribution >= 4 is 33.0 Å². The fourth-order valence-electron chi connectivity index (χ4n) is 4.46. The smallest absolute Gasteiger partial charge is 0.408 e. The number of hydrogen-bond acceptors (Lipinski definition) is 6. The Bertz CT molecular complexity index is 1230. The Labute approximate surface area is 219 Å². The van der Waals surface area contributed by atoms with Gasteiger partial charge in [0.2, 0.25) is 0 Å². The number of alkyl halides is 3. The number of carbonyl (C=O) groups is 1. The lowest BCUT2D eigenvalue weighted by Crippen LogP contribution is -2.34. The number of aromatic nitrogens is 2. The quantitative estimate of drug-likeness (QED) is 0.448. The molecule has 8 nitrogen and oxygen atoms in total. The second kappa shape index (κ2) is 11.5. The third-order valence-corrected chi connectivity index (χ3v) is 8.73. The van der Waals surface area contributed by atoms with Gasteiger partial charge in [-0.1, -0.05) is 11.6 Å². The summed E-state index contributed by atoms with van der Waals surface area (Å²) in [7, 11) is -1.67. The first-order chi connectivity index (χ1) is 17.3. The summed E-state index contributed by atoms with van der Waals surface area (Å²) in [6.45, 7) is 3.60. The van der Waals surface area contributed by atoms with Gasteiger partial charge in [-0.2, -0.15) is 18.3 Å². The lowest BCUT2D eigenvalue weighted by Gasteiger charge is -2.27. The predicted octanol–water partition coefficient (Wildman–Crippen LogP) is 4.93. The number of anilines is 1. The number of nitrogens with one attached hydrogen (secondary N) is 2. The fourth-order valence-corrected chi connectivity index (χ4v) is 5.92. The number of carbonyl (C=O) groups excluding carboxylic acids is 1. The molecule has 206 valence electrons. The van der Waals surface area contributed by atoms with Crippen molar-refractivity contribution in [3.63, 3.8) is 0 Å². The van der Waals surface area contributed by atoms with E-state index in [1.54, 1.807) is 6.07 Å². The number of ether oxygens (including phenoxy) is 1. The first-order valence-electron chi connectivity index (χ1n) is 12.0. The minimum Gasteiger partial charge on any atom is -0.496 e. The Morgan fingerprint density at radius 3 is 2.46 bits per heavy atom. The van der Waals surface area contributed by atoms with Crippen molar-refractivity contribution in [1.82, 2.24) is 15.1 Å². The monoisotopic (exact) mass is 564 g/mol. The second-order valence-corrected chi connectivity index (χ2v) is 12.0. The second-order valence-electron chi connectivity index (χ2n) is 9.33. The Balaban J connectivity index is 1.78. The number of halogens is 4. The van der Waals surface area contributed by atoms with E-state index in [0.29, 0.717) is 50.0 Å². The highest BCUT2D eigenvalue weighted by Gasteiger charge is 2.36. The summed E-state index contributed by atoms with van der Waals surface area (Å²) in [6, 6.07) is 2.73. The zero-order valence-electron chi connectivity index (χ0n) is 21.2. The first-order valence-corrected chi connectivity index (χ1v) is 14.3. The molecule has 1 aliphatic rings. The van der Waals surface area contributed by atoms with Crippen LogP contribution in [0.2, 0.25) is 5.02 Å². The standard InChI is InChI=1S/C24H32ClF3N4O4S/c1-5-32-22(18-11-8-16(12-19(18)36-3)30-14(2)24(26,27)28)20(25)21(31-32)23(33)29-13-15-6-9-17(10-7-15)37(4,34)35/h8,11-12,14-15,17,30H,5-7,9-10,13H2,1-4H3,(H,29,33)/t14-,15-,17+/m1/s1. The van der Waals surface area contributed by atoms with E-state index in [1.807, 2.05) is 6.92 Å². The van der Waals surface area contributed by atoms with Crippen LogP contribution in [0.3, 0.4) is 0 Å². The molecule has 0 spiro atoms. The number of aryl methyl sites for hydroxylation is 1. The molecule has 0 radical (unpaired) electrons. The van der Waals surface area contributed by atoms with Crippen LogP contribution in [0.1, 0.15) is 50.0 Å². The van der Waals surface area contributed by atoms with Gasteiger partial charge >= 0.3 is 6.18 Å². The number of benzene rings is 1. The van der Waals surface area contributed by atoms with Crippen molar-refractivity contribution in [3.8, 4) is 17.0 Å². The van der Waals surface area contributed by atoms with Crippen molar-refractivity contribution in [2.45, 2.75) is 63.5 Å². The molecule has 2 aromatic rings. The van der Waals surface area contributed by atoms with Crippen LogP contribution in [-0.2, 0) is 16.4 Å². The Kier molecular flexibility index (Phi) is 9.05. The summed E-state index contributed by atoms with van der Waals surface area (Å²) in [6.07, 6.45) is -0.616. The van der Waals surface area contributed by atoms with Gasteiger partial charge in [0.05, 0.1) is 23.1 Å². The lowest BCUT2D eigenvalue weighted by atomic mass is 9.89. The van der Waals surface area contributed by atoms with Crippen molar-refractivity contribution in [2.24, 2.45) is 5.92 Å². The lowest BCUT2D eigenvalue weighted by molar-refractivity contribution is -0.138. The molecule has 13 heteroatoms. The third kappa shape index (κ3) is 6.90. The van der Waals surface area contributed by atoms with Crippen LogP contribution < -0.4 is 15.4 Å². The van der Waals surface area contributed by atoms with Crippen molar-refractivity contribution in [3.05, 3.63) is 28.9 Å². The molecule has 0 aliphatic heterocycles. The molecule has 1 heterocycles. The zero-order chi connectivity index (χ0) is 27.5. The van der Waals surface area contributed by atoms with Crippen LogP contribution in [-0.4, -0.2) is 61.5 Å². The Hall–Kier alpha value is -2.47. The molecule has 37 heavy (non-hydrogen) atoms. The van der Waals surface area contributed by atoms with Crippen LogP contribution in [0.4, 0.5) is 18.9 Å². The van der Waals surface area contributed by atoms with E-state index < -0.39 is 28.0 Å². The van der Waals surface area contributed by atoms with Crippen molar-refractivity contribution < 1.29 is 31.1 Å². The van der Waals surface area contributed by atoms with Crippen LogP contribution in [0.15, 0.2) is 18.2 Å². The van der Waals surface area contributed by atoms with Crippen LogP contribution in [0, 0.1) is 5.92 Å². The van der Waals surface area contributed by atoms with E-state index in [2.05, 4.69) is 15.7 Å². The summed E-state index contributed by atoms with van der Waals surface area (Å²) in [5.41, 5.74) is 1.13. The van der Waals surface area contributed by atoms with Gasteiger partial charge in [0.15, 0.2) is 5.69 Å². The highest BCUT2D eigenvalue weighted by molar-refractivity contribution is 7.91. The maximum absolute atomic E-state index is 13.0. The van der Waals surface area contributed by atoms with Gasteiger partial charge < -0.3 is 15.4 Å². The maximum atomic E-state index is 13.0. The normalized spacial score (nSPS) is 19.4. The van der Waals surface area contributed by atoms with Gasteiger partial charge in [-0.25, -0.2) is 8.42 Å². The van der Waals surface area contributed by atoms with Crippen molar-refractivity contribution in [1.29, 1.82) is 0 Å². The molecule has 1 atom stereocenters. The van der Waals surface area contributed by atoms with Crippen LogP contribution in [0.25, 0.3) is 11.3 Å². The summed E-state index contributed by atoms with van der Waals surface area (Å²) in [5.74, 6) is -0.0295. The molecule has 1 amide bonds. The molecule has 0 unspecified atom stereocenters. The maximum Gasteiger partial charge on any atom is 0.408 e. The van der Waals surface area contributed by atoms with Gasteiger partial charge in [0.1, 0.15) is 21.6 Å². The van der Waals surface area contributed by atoms with E-state index in [1.165, 1.54) is 30.2 Å². The molecule has 3 rings (SSSR count). The number of hydrogen-bond donors (Lipinski definition) is 2. The van der Waals surface area contributed by atoms with E-state index in [4.69, 9.17) is 16.3 Å². The fraction of sp³-hybridized carbons (Fsp3) is 0.583. The number of amides is 1. The molecule has 1 aromatic carbocycles. The van der Waals surface area contributed by atoms with Crippen LogP contribution >= 0.6 is 11.6 Å². The van der Waals surface area contributed by atoms with Gasteiger partial charge in [0, 0.05) is 36.7 Å². The van der Waals surface area contributed by atoms with E-state index in [9.17, 15) is 26.4 Å². The summed E-state index contributed by atoms with van der Waals surface area (Å²) >= 11 is 6.61. The molecule has 2 N–H and O–H groups in total. The van der Waals surface area contributed by atoms with Gasteiger partial charge in [-0.15, -0.1) is 0 Å². The number of sulfone groups is 1. The first kappa shape index (κ1) is 29.1. The summed E-state index contributed by atoms with van der Waals surface area (Å²) < 4.78 is 69.3. The van der Waals surface area contributed by atoms with Gasteiger partial charge in [-0.05, 0) is 57.6 Å². The number of nitrogens with zero attached hydrogens (tertiary/aromatic N) is 2. The van der Waals surface area contributed by atoms with E-state index in [0.717, 1.165) is 6.92 Å². The largest absolute Gasteiger partial charge is 0.496 e. The topological polar surface area (TPSA) is 102 Å². The molecule has 0 saturated heterocycles. The minimum absolute atomic E-state index is 0.0262. The molecular formula is C24H32ClF3N4O4S. The molecule has 0 bridgehead atoms. The van der Waals surface area contributed by atoms with Crippen LogP contribution in [0.5, 0.6) is 5.75 Å². The Morgan fingerprint density at radius 2 is 1.92 bits per heavy atom.